The maximum absolute atomic E-state index is 5.82. The zero-order valence-corrected chi connectivity index (χ0v) is 11.4. The molecule has 2 aromatic rings. The Bertz CT molecular complexity index is 552. The van der Waals surface area contributed by atoms with Crippen LogP contribution in [0.2, 0.25) is 5.02 Å². The van der Waals surface area contributed by atoms with Crippen LogP contribution in [0.1, 0.15) is 18.2 Å². The van der Waals surface area contributed by atoms with Gasteiger partial charge in [-0.3, -0.25) is 4.98 Å². The number of rotatable bonds is 3. The minimum atomic E-state index is 0.606. The van der Waals surface area contributed by atoms with Gasteiger partial charge in [0.2, 0.25) is 0 Å². The van der Waals surface area contributed by atoms with Gasteiger partial charge in [-0.15, -0.1) is 0 Å². The minimum Gasteiger partial charge on any atom is -0.373 e. The predicted molar refractivity (Wildman–Crippen MR) is 73.9 cm³/mol. The Morgan fingerprint density at radius 2 is 2.06 bits per heavy atom. The third-order valence-electron chi connectivity index (χ3n) is 2.76. The van der Waals surface area contributed by atoms with Gasteiger partial charge in [-0.2, -0.15) is 0 Å². The Morgan fingerprint density at radius 1 is 1.28 bits per heavy atom. The Morgan fingerprint density at radius 3 is 2.61 bits per heavy atom. The van der Waals surface area contributed by atoms with E-state index in [1.165, 1.54) is 0 Å². The van der Waals surface area contributed by atoms with Crippen molar-refractivity contribution < 1.29 is 0 Å². The molecular weight excluding hydrogens is 248 g/mol. The molecule has 0 bridgehead atoms. The van der Waals surface area contributed by atoms with Crippen LogP contribution in [-0.4, -0.2) is 22.0 Å². The van der Waals surface area contributed by atoms with E-state index in [1.807, 2.05) is 20.0 Å². The average Bonchev–Trinajstić information content (AvgIpc) is 2.38. The van der Waals surface area contributed by atoms with Gasteiger partial charge in [-0.05, 0) is 25.5 Å². The fourth-order valence-electron chi connectivity index (χ4n) is 1.85. The smallest absolute Gasteiger partial charge is 0.180 e. The molecule has 94 valence electrons. The first kappa shape index (κ1) is 12.8. The van der Waals surface area contributed by atoms with Crippen LogP contribution in [0.4, 0.5) is 5.82 Å². The molecule has 0 atom stereocenters. The van der Waals surface area contributed by atoms with E-state index >= 15 is 0 Å². The van der Waals surface area contributed by atoms with E-state index in [-0.39, 0.29) is 0 Å². The lowest BCUT2D eigenvalue weighted by Crippen LogP contribution is -2.05. The molecule has 0 aromatic carbocycles. The van der Waals surface area contributed by atoms with E-state index in [1.54, 1.807) is 12.3 Å². The van der Waals surface area contributed by atoms with E-state index < -0.39 is 0 Å². The van der Waals surface area contributed by atoms with E-state index in [2.05, 4.69) is 27.2 Å². The highest BCUT2D eigenvalue weighted by molar-refractivity contribution is 6.30. The predicted octanol–water partition coefficient (Wildman–Crippen LogP) is 3.10. The second-order valence-corrected chi connectivity index (χ2v) is 4.36. The Hall–Kier alpha value is -1.68. The van der Waals surface area contributed by atoms with Crippen LogP contribution in [0.15, 0.2) is 18.3 Å². The molecule has 4 nitrogen and oxygen atoms in total. The first-order chi connectivity index (χ1) is 8.65. The molecular formula is C13H15ClN4. The lowest BCUT2D eigenvalue weighted by atomic mass is 10.1. The summed E-state index contributed by atoms with van der Waals surface area (Å²) in [6, 6.07) is 3.61. The summed E-state index contributed by atoms with van der Waals surface area (Å²) in [5, 5.41) is 3.71. The van der Waals surface area contributed by atoms with Crippen molar-refractivity contribution in [3.63, 3.8) is 0 Å². The van der Waals surface area contributed by atoms with Crippen LogP contribution in [0.3, 0.4) is 0 Å². The van der Waals surface area contributed by atoms with Crippen LogP contribution in [0, 0.1) is 6.92 Å². The second kappa shape index (κ2) is 5.31. The lowest BCUT2D eigenvalue weighted by Gasteiger charge is -2.11. The maximum Gasteiger partial charge on any atom is 0.180 e. The molecule has 2 heterocycles. The zero-order valence-electron chi connectivity index (χ0n) is 10.7. The van der Waals surface area contributed by atoms with Gasteiger partial charge in [0.25, 0.3) is 0 Å². The Balaban J connectivity index is 2.52. The Labute approximate surface area is 111 Å². The van der Waals surface area contributed by atoms with Gasteiger partial charge >= 0.3 is 0 Å². The molecule has 0 aliphatic carbocycles. The molecule has 0 aliphatic rings. The first-order valence-electron chi connectivity index (χ1n) is 5.83. The van der Waals surface area contributed by atoms with Crippen molar-refractivity contribution in [1.82, 2.24) is 15.0 Å². The maximum atomic E-state index is 5.82. The number of anilines is 1. The normalized spacial score (nSPS) is 10.4. The van der Waals surface area contributed by atoms with E-state index in [0.717, 1.165) is 29.2 Å². The van der Waals surface area contributed by atoms with Crippen molar-refractivity contribution in [1.29, 1.82) is 0 Å². The molecule has 0 unspecified atom stereocenters. The molecule has 0 saturated carbocycles. The topological polar surface area (TPSA) is 50.7 Å². The number of hydrogen-bond donors (Lipinski definition) is 1. The van der Waals surface area contributed by atoms with Crippen LogP contribution < -0.4 is 5.32 Å². The molecule has 5 heteroatoms. The monoisotopic (exact) mass is 262 g/mol. The molecule has 0 spiro atoms. The molecule has 2 rings (SSSR count). The van der Waals surface area contributed by atoms with E-state index in [0.29, 0.717) is 10.8 Å². The fourth-order valence-corrected chi connectivity index (χ4v) is 1.96. The lowest BCUT2D eigenvalue weighted by molar-refractivity contribution is 0.996. The van der Waals surface area contributed by atoms with Crippen molar-refractivity contribution >= 4 is 17.4 Å². The molecule has 0 amide bonds. The van der Waals surface area contributed by atoms with Gasteiger partial charge in [-0.1, -0.05) is 18.5 Å². The molecule has 0 saturated heterocycles. The van der Waals surface area contributed by atoms with Crippen molar-refractivity contribution in [2.75, 3.05) is 12.4 Å². The van der Waals surface area contributed by atoms with Gasteiger partial charge in [-0.25, -0.2) is 9.97 Å². The molecule has 0 radical (unpaired) electrons. The van der Waals surface area contributed by atoms with Crippen molar-refractivity contribution in [3.05, 3.63) is 34.6 Å². The summed E-state index contributed by atoms with van der Waals surface area (Å²) in [5.41, 5.74) is 2.83. The van der Waals surface area contributed by atoms with Crippen LogP contribution >= 0.6 is 11.6 Å². The number of hydrogen-bond acceptors (Lipinski definition) is 4. The average molecular weight is 263 g/mol. The summed E-state index contributed by atoms with van der Waals surface area (Å²) in [4.78, 5) is 13.2. The zero-order chi connectivity index (χ0) is 13.1. The highest BCUT2D eigenvalue weighted by Crippen LogP contribution is 2.21. The highest BCUT2D eigenvalue weighted by Gasteiger charge is 2.11. The van der Waals surface area contributed by atoms with Crippen molar-refractivity contribution in [3.8, 4) is 11.5 Å². The Kier molecular flexibility index (Phi) is 3.77. The van der Waals surface area contributed by atoms with Crippen LogP contribution in [0.25, 0.3) is 11.5 Å². The van der Waals surface area contributed by atoms with E-state index in [4.69, 9.17) is 11.6 Å². The first-order valence-corrected chi connectivity index (χ1v) is 6.20. The molecule has 0 fully saturated rings. The minimum absolute atomic E-state index is 0.606. The number of aromatic nitrogens is 3. The second-order valence-electron chi connectivity index (χ2n) is 3.92. The number of aryl methyl sites for hydroxylation is 1. The number of nitrogens with one attached hydrogen (secondary N) is 1. The third-order valence-corrected chi connectivity index (χ3v) is 2.98. The molecule has 0 aliphatic heterocycles. The quantitative estimate of drug-likeness (QED) is 0.923. The van der Waals surface area contributed by atoms with Crippen molar-refractivity contribution in [2.45, 2.75) is 20.3 Å². The van der Waals surface area contributed by atoms with Gasteiger partial charge in [0.05, 0.1) is 5.02 Å². The van der Waals surface area contributed by atoms with E-state index in [9.17, 15) is 0 Å². The fraction of sp³-hybridized carbons (Fsp3) is 0.308. The van der Waals surface area contributed by atoms with Crippen molar-refractivity contribution in [2.24, 2.45) is 0 Å². The van der Waals surface area contributed by atoms with Gasteiger partial charge in [0.1, 0.15) is 11.5 Å². The summed E-state index contributed by atoms with van der Waals surface area (Å²) in [6.07, 6.45) is 2.50. The summed E-state index contributed by atoms with van der Waals surface area (Å²) in [7, 11) is 1.86. The van der Waals surface area contributed by atoms with Crippen LogP contribution in [-0.2, 0) is 6.42 Å². The summed E-state index contributed by atoms with van der Waals surface area (Å²) in [5.74, 6) is 1.47. The number of pyridine rings is 1. The molecule has 1 N–H and O–H groups in total. The summed E-state index contributed by atoms with van der Waals surface area (Å²) in [6.45, 7) is 4.08. The van der Waals surface area contributed by atoms with Gasteiger partial charge in [0, 0.05) is 24.5 Å². The molecule has 2 aromatic heterocycles. The highest BCUT2D eigenvalue weighted by atomic mass is 35.5. The van der Waals surface area contributed by atoms with Crippen LogP contribution in [0.5, 0.6) is 0 Å². The summed E-state index contributed by atoms with van der Waals surface area (Å²) >= 11 is 5.82. The third kappa shape index (κ3) is 2.43. The number of halogens is 1. The van der Waals surface area contributed by atoms with Gasteiger partial charge < -0.3 is 5.32 Å². The summed E-state index contributed by atoms with van der Waals surface area (Å²) < 4.78 is 0. The standard InChI is InChI=1S/C13H15ClN4/c1-4-10-8(2)17-13(18-12(10)15-3)11-6-5-9(14)7-16-11/h5-7H,4H2,1-3H3,(H,15,17,18). The number of nitrogens with zero attached hydrogens (tertiary/aromatic N) is 3. The van der Waals surface area contributed by atoms with Gasteiger partial charge in [0.15, 0.2) is 5.82 Å². The SMILES string of the molecule is CCc1c(C)nc(-c2ccc(Cl)cn2)nc1NC. The molecule has 18 heavy (non-hydrogen) atoms. The largest absolute Gasteiger partial charge is 0.373 e.